The molecule has 184 valence electrons. The van der Waals surface area contributed by atoms with Crippen LogP contribution in [0.1, 0.15) is 35.3 Å². The summed E-state index contributed by atoms with van der Waals surface area (Å²) >= 11 is 0. The number of hydrogen-bond acceptors (Lipinski definition) is 9. The van der Waals surface area contributed by atoms with Crippen molar-refractivity contribution in [3.8, 4) is 11.5 Å². The highest BCUT2D eigenvalue weighted by Crippen LogP contribution is 2.28. The number of amides is 1. The Morgan fingerprint density at radius 2 is 1.83 bits per heavy atom. The molecule has 0 spiro atoms. The van der Waals surface area contributed by atoms with Crippen LogP contribution in [0.5, 0.6) is 11.5 Å². The van der Waals surface area contributed by atoms with Crippen molar-refractivity contribution >= 4 is 28.6 Å². The molecule has 0 bridgehead atoms. The molecule has 35 heavy (non-hydrogen) atoms. The van der Waals surface area contributed by atoms with E-state index in [0.29, 0.717) is 48.1 Å². The first kappa shape index (κ1) is 25.8. The number of carbonyl (C=O) groups excluding carboxylic acids is 3. The lowest BCUT2D eigenvalue weighted by molar-refractivity contribution is -0.160. The number of benzene rings is 2. The number of rotatable bonds is 11. The second-order valence-electron chi connectivity index (χ2n) is 7.77. The van der Waals surface area contributed by atoms with Gasteiger partial charge in [0.05, 0.1) is 6.61 Å². The summed E-state index contributed by atoms with van der Waals surface area (Å²) in [5.74, 6) is -1.28. The number of unbranched alkanes of at least 4 members (excludes halogenated alkanes) is 1. The van der Waals surface area contributed by atoms with E-state index in [9.17, 15) is 19.5 Å². The van der Waals surface area contributed by atoms with Crippen molar-refractivity contribution in [3.05, 3.63) is 66.0 Å². The van der Waals surface area contributed by atoms with E-state index in [0.717, 1.165) is 0 Å². The van der Waals surface area contributed by atoms with Crippen LogP contribution in [-0.2, 0) is 20.9 Å². The van der Waals surface area contributed by atoms with Gasteiger partial charge in [-0.25, -0.2) is 9.59 Å². The fourth-order valence-corrected chi connectivity index (χ4v) is 3.39. The van der Waals surface area contributed by atoms with Gasteiger partial charge in [0, 0.05) is 17.1 Å². The maximum atomic E-state index is 12.6. The predicted molar refractivity (Wildman–Crippen MR) is 128 cm³/mol. The van der Waals surface area contributed by atoms with Crippen molar-refractivity contribution in [2.45, 2.75) is 31.9 Å². The Bertz CT molecular complexity index is 1190. The lowest BCUT2D eigenvalue weighted by atomic mass is 10.0. The number of nitrogens with two attached hydrogens (primary N) is 2. The third-order valence-corrected chi connectivity index (χ3v) is 5.20. The van der Waals surface area contributed by atoms with Crippen molar-refractivity contribution in [2.75, 3.05) is 13.1 Å². The van der Waals surface area contributed by atoms with Crippen molar-refractivity contribution in [2.24, 2.45) is 11.5 Å². The van der Waals surface area contributed by atoms with Crippen molar-refractivity contribution < 1.29 is 29.0 Å². The van der Waals surface area contributed by atoms with Gasteiger partial charge < -0.3 is 31.4 Å². The summed E-state index contributed by atoms with van der Waals surface area (Å²) in [6.45, 7) is -0.533. The lowest BCUT2D eigenvalue weighted by Crippen LogP contribution is -2.38. The third kappa shape index (κ3) is 7.06. The van der Waals surface area contributed by atoms with Gasteiger partial charge in [0.1, 0.15) is 29.8 Å². The van der Waals surface area contributed by atoms with Crippen LogP contribution in [0.2, 0.25) is 0 Å². The van der Waals surface area contributed by atoms with Crippen LogP contribution in [0.3, 0.4) is 0 Å². The van der Waals surface area contributed by atoms with Gasteiger partial charge in [-0.1, -0.05) is 30.7 Å². The van der Waals surface area contributed by atoms with E-state index in [1.165, 1.54) is 6.20 Å². The Kier molecular flexibility index (Phi) is 9.24. The molecule has 0 aliphatic rings. The summed E-state index contributed by atoms with van der Waals surface area (Å²) in [5.41, 5.74) is 11.3. The monoisotopic (exact) mass is 480 g/mol. The van der Waals surface area contributed by atoms with E-state index in [1.807, 2.05) is 30.3 Å². The molecule has 3 rings (SSSR count). The molecule has 3 aromatic rings. The number of nitrogens with zero attached hydrogens (tertiary/aromatic N) is 1. The standard InChI is InChI=1S/C25H28N4O6/c26-11-5-4-8-21(27)25(33)35-22(31)14-29-24(32)23-20(15-30)19-10-9-18(12-16(19)13-28-23)34-17-6-2-1-3-7-17/h1-3,6-7,9-10,12-13,21,30H,4-5,8,11,14-15,26-27H2,(H,29,32)/t21-/m0/s1. The normalized spacial score (nSPS) is 11.6. The maximum absolute atomic E-state index is 12.6. The summed E-state index contributed by atoms with van der Waals surface area (Å²) in [5, 5.41) is 13.5. The number of ether oxygens (including phenoxy) is 2. The van der Waals surface area contributed by atoms with Gasteiger partial charge in [-0.15, -0.1) is 0 Å². The molecular weight excluding hydrogens is 452 g/mol. The van der Waals surface area contributed by atoms with Crippen LogP contribution < -0.4 is 21.5 Å². The van der Waals surface area contributed by atoms with E-state index >= 15 is 0 Å². The van der Waals surface area contributed by atoms with Gasteiger partial charge in [0.15, 0.2) is 0 Å². The summed E-state index contributed by atoms with van der Waals surface area (Å²) in [7, 11) is 0. The van der Waals surface area contributed by atoms with E-state index in [2.05, 4.69) is 15.0 Å². The highest BCUT2D eigenvalue weighted by Gasteiger charge is 2.21. The molecular formula is C25H28N4O6. The largest absolute Gasteiger partial charge is 0.457 e. The molecule has 0 saturated heterocycles. The zero-order valence-electron chi connectivity index (χ0n) is 19.1. The third-order valence-electron chi connectivity index (χ3n) is 5.20. The summed E-state index contributed by atoms with van der Waals surface area (Å²) in [6.07, 6.45) is 3.16. The van der Waals surface area contributed by atoms with E-state index in [4.69, 9.17) is 16.2 Å². The molecule has 0 saturated carbocycles. The van der Waals surface area contributed by atoms with Gasteiger partial charge >= 0.3 is 11.9 Å². The van der Waals surface area contributed by atoms with Gasteiger partial charge in [0.25, 0.3) is 5.91 Å². The molecule has 0 aliphatic heterocycles. The molecule has 0 aliphatic carbocycles. The summed E-state index contributed by atoms with van der Waals surface area (Å²) in [6, 6.07) is 13.5. The first-order valence-electron chi connectivity index (χ1n) is 11.2. The quantitative estimate of drug-likeness (QED) is 0.182. The van der Waals surface area contributed by atoms with Crippen molar-refractivity contribution in [3.63, 3.8) is 0 Å². The number of aliphatic hydroxyl groups is 1. The van der Waals surface area contributed by atoms with Gasteiger partial charge in [-0.2, -0.15) is 0 Å². The fourth-order valence-electron chi connectivity index (χ4n) is 3.39. The Balaban J connectivity index is 1.64. The van der Waals surface area contributed by atoms with E-state index in [1.54, 1.807) is 18.2 Å². The molecule has 2 aromatic carbocycles. The molecule has 1 atom stereocenters. The second kappa shape index (κ2) is 12.6. The first-order chi connectivity index (χ1) is 16.9. The number of aliphatic hydroxyl groups excluding tert-OH is 1. The van der Waals surface area contributed by atoms with Crippen LogP contribution in [0.25, 0.3) is 10.8 Å². The molecule has 0 fully saturated rings. The lowest BCUT2D eigenvalue weighted by Gasteiger charge is -2.13. The average molecular weight is 481 g/mol. The summed E-state index contributed by atoms with van der Waals surface area (Å²) in [4.78, 5) is 40.6. The SMILES string of the molecule is NCCCC[C@H](N)C(=O)OC(=O)CNC(=O)c1ncc2cc(Oc3ccccc3)ccc2c1CO. The molecule has 10 heteroatoms. The van der Waals surface area contributed by atoms with Crippen LogP contribution in [-0.4, -0.2) is 47.1 Å². The molecule has 1 amide bonds. The number of fused-ring (bicyclic) bond motifs is 1. The second-order valence-corrected chi connectivity index (χ2v) is 7.77. The molecule has 1 aromatic heterocycles. The Hall–Kier alpha value is -3.86. The first-order valence-corrected chi connectivity index (χ1v) is 11.2. The van der Waals surface area contributed by atoms with Gasteiger partial charge in [0.2, 0.25) is 0 Å². The number of hydrogen-bond donors (Lipinski definition) is 4. The fraction of sp³-hybridized carbons (Fsp3) is 0.280. The van der Waals surface area contributed by atoms with Gasteiger partial charge in [-0.3, -0.25) is 9.78 Å². The molecule has 1 heterocycles. The van der Waals surface area contributed by atoms with Crippen molar-refractivity contribution in [1.82, 2.24) is 10.3 Å². The Morgan fingerprint density at radius 3 is 2.54 bits per heavy atom. The minimum Gasteiger partial charge on any atom is -0.457 e. The minimum absolute atomic E-state index is 0.0469. The van der Waals surface area contributed by atoms with Crippen LogP contribution in [0, 0.1) is 0 Å². The predicted octanol–water partition coefficient (Wildman–Crippen LogP) is 1.78. The maximum Gasteiger partial charge on any atom is 0.333 e. The van der Waals surface area contributed by atoms with Crippen molar-refractivity contribution in [1.29, 1.82) is 0 Å². The number of esters is 2. The Labute approximate surface area is 202 Å². The summed E-state index contributed by atoms with van der Waals surface area (Å²) < 4.78 is 10.5. The highest BCUT2D eigenvalue weighted by molar-refractivity contribution is 6.01. The number of para-hydroxylation sites is 1. The van der Waals surface area contributed by atoms with E-state index < -0.39 is 37.0 Å². The Morgan fingerprint density at radius 1 is 1.06 bits per heavy atom. The smallest absolute Gasteiger partial charge is 0.333 e. The molecule has 10 nitrogen and oxygen atoms in total. The highest BCUT2D eigenvalue weighted by atomic mass is 16.6. The van der Waals surface area contributed by atoms with Crippen LogP contribution in [0.4, 0.5) is 0 Å². The molecule has 6 N–H and O–H groups in total. The topological polar surface area (TPSA) is 167 Å². The zero-order chi connectivity index (χ0) is 25.2. The number of nitrogens with one attached hydrogen (secondary N) is 1. The minimum atomic E-state index is -0.952. The number of pyridine rings is 1. The average Bonchev–Trinajstić information content (AvgIpc) is 2.87. The van der Waals surface area contributed by atoms with E-state index in [-0.39, 0.29) is 11.3 Å². The molecule has 0 radical (unpaired) electrons. The van der Waals surface area contributed by atoms with Crippen LogP contribution >= 0.6 is 0 Å². The molecule has 0 unspecified atom stereocenters. The van der Waals surface area contributed by atoms with Gasteiger partial charge in [-0.05, 0) is 49.0 Å². The number of aromatic nitrogens is 1. The number of carbonyl (C=O) groups is 3. The van der Waals surface area contributed by atoms with Crippen LogP contribution in [0.15, 0.2) is 54.7 Å². The zero-order valence-corrected chi connectivity index (χ0v) is 19.1.